The molecule has 0 radical (unpaired) electrons. The lowest BCUT2D eigenvalue weighted by molar-refractivity contribution is -0.255. The van der Waals surface area contributed by atoms with Crippen LogP contribution in [0.1, 0.15) is 10.5 Å². The summed E-state index contributed by atoms with van der Waals surface area (Å²) in [5, 5.41) is 10.3. The van der Waals surface area contributed by atoms with Gasteiger partial charge in [0.25, 0.3) is 0 Å². The standard InChI is InChI=1S/C6H6BrNO2/c1-8-3-4(7)2-5(8)6(9)10/h2-3H,1H3,(H,9,10)/p-1. The monoisotopic (exact) mass is 202 g/mol. The lowest BCUT2D eigenvalue weighted by Gasteiger charge is -2.01. The molecule has 3 nitrogen and oxygen atoms in total. The van der Waals surface area contributed by atoms with Crippen LogP contribution < -0.4 is 5.11 Å². The fourth-order valence-corrected chi connectivity index (χ4v) is 1.25. The van der Waals surface area contributed by atoms with Gasteiger partial charge in [-0.1, -0.05) is 0 Å². The molecule has 0 aliphatic carbocycles. The van der Waals surface area contributed by atoms with Crippen LogP contribution in [0.5, 0.6) is 0 Å². The lowest BCUT2D eigenvalue weighted by Crippen LogP contribution is -2.24. The Balaban J connectivity index is 3.15. The van der Waals surface area contributed by atoms with Gasteiger partial charge < -0.3 is 14.5 Å². The summed E-state index contributed by atoms with van der Waals surface area (Å²) < 4.78 is 2.23. The summed E-state index contributed by atoms with van der Waals surface area (Å²) in [7, 11) is 1.65. The van der Waals surface area contributed by atoms with Crippen LogP contribution in [0.2, 0.25) is 0 Å². The first kappa shape index (κ1) is 7.34. The number of rotatable bonds is 1. The van der Waals surface area contributed by atoms with Crippen LogP contribution in [0.25, 0.3) is 0 Å². The molecule has 0 saturated carbocycles. The van der Waals surface area contributed by atoms with E-state index in [0.29, 0.717) is 0 Å². The van der Waals surface area contributed by atoms with E-state index in [1.54, 1.807) is 13.2 Å². The molecule has 1 aromatic heterocycles. The SMILES string of the molecule is Cn1cc(Br)cc1C(=O)[O-]. The molecule has 1 rings (SSSR count). The van der Waals surface area contributed by atoms with E-state index in [2.05, 4.69) is 15.9 Å². The summed E-state index contributed by atoms with van der Waals surface area (Å²) in [6.45, 7) is 0. The first-order valence-electron chi connectivity index (χ1n) is 2.64. The summed E-state index contributed by atoms with van der Waals surface area (Å²) in [6.07, 6.45) is 1.66. The number of hydrogen-bond donors (Lipinski definition) is 0. The highest BCUT2D eigenvalue weighted by Gasteiger charge is 1.99. The first-order chi connectivity index (χ1) is 4.61. The van der Waals surface area contributed by atoms with Crippen LogP contribution in [0.15, 0.2) is 16.7 Å². The van der Waals surface area contributed by atoms with Gasteiger partial charge in [-0.15, -0.1) is 0 Å². The number of aryl methyl sites for hydroxylation is 1. The Kier molecular flexibility index (Phi) is 1.80. The van der Waals surface area contributed by atoms with E-state index in [9.17, 15) is 9.90 Å². The van der Waals surface area contributed by atoms with E-state index in [1.165, 1.54) is 10.6 Å². The molecule has 10 heavy (non-hydrogen) atoms. The van der Waals surface area contributed by atoms with Crippen LogP contribution in [0.3, 0.4) is 0 Å². The van der Waals surface area contributed by atoms with Crippen LogP contribution in [0, 0.1) is 0 Å². The molecular weight excluding hydrogens is 198 g/mol. The van der Waals surface area contributed by atoms with Crippen molar-refractivity contribution in [3.05, 3.63) is 22.4 Å². The number of aromatic carboxylic acids is 1. The van der Waals surface area contributed by atoms with Crippen LogP contribution >= 0.6 is 15.9 Å². The highest BCUT2D eigenvalue weighted by atomic mass is 79.9. The van der Waals surface area contributed by atoms with E-state index in [1.807, 2.05) is 0 Å². The third kappa shape index (κ3) is 1.21. The molecule has 0 atom stereocenters. The predicted molar refractivity (Wildman–Crippen MR) is 37.4 cm³/mol. The Hall–Kier alpha value is -0.770. The molecule has 0 saturated heterocycles. The predicted octanol–water partition coefficient (Wildman–Crippen LogP) is 0.151. The van der Waals surface area contributed by atoms with Gasteiger partial charge in [0.2, 0.25) is 0 Å². The summed E-state index contributed by atoms with van der Waals surface area (Å²) in [5.74, 6) is -1.16. The van der Waals surface area contributed by atoms with Gasteiger partial charge >= 0.3 is 0 Å². The molecule has 0 fully saturated rings. The minimum atomic E-state index is -1.16. The fourth-order valence-electron chi connectivity index (χ4n) is 0.727. The van der Waals surface area contributed by atoms with E-state index in [0.717, 1.165) is 4.47 Å². The van der Waals surface area contributed by atoms with Crippen LogP contribution in [0.4, 0.5) is 0 Å². The van der Waals surface area contributed by atoms with Crippen LogP contribution in [-0.4, -0.2) is 10.5 Å². The zero-order valence-corrected chi connectivity index (χ0v) is 6.88. The molecule has 0 aliphatic heterocycles. The van der Waals surface area contributed by atoms with Crippen LogP contribution in [-0.2, 0) is 7.05 Å². The Morgan fingerprint density at radius 3 is 2.60 bits per heavy atom. The number of carboxylic acids is 1. The Morgan fingerprint density at radius 1 is 1.80 bits per heavy atom. The molecule has 4 heteroatoms. The third-order valence-corrected chi connectivity index (χ3v) is 1.61. The minimum absolute atomic E-state index is 0.173. The molecule has 1 heterocycles. The topological polar surface area (TPSA) is 45.1 Å². The molecule has 0 spiro atoms. The average Bonchev–Trinajstić information content (AvgIpc) is 2.10. The minimum Gasteiger partial charge on any atom is -0.543 e. The van der Waals surface area contributed by atoms with Gasteiger partial charge in [0.05, 0.1) is 11.7 Å². The van der Waals surface area contributed by atoms with Crippen molar-refractivity contribution in [2.75, 3.05) is 0 Å². The van der Waals surface area contributed by atoms with E-state index in [-0.39, 0.29) is 5.69 Å². The normalized spacial score (nSPS) is 9.80. The van der Waals surface area contributed by atoms with E-state index in [4.69, 9.17) is 0 Å². The molecular formula is C6H5BrNO2-. The quantitative estimate of drug-likeness (QED) is 0.652. The van der Waals surface area contributed by atoms with E-state index < -0.39 is 5.97 Å². The number of carbonyl (C=O) groups is 1. The number of carboxylic acid groups (broad SMARTS) is 1. The summed E-state index contributed by atoms with van der Waals surface area (Å²) in [5.41, 5.74) is 0.173. The maximum absolute atomic E-state index is 10.3. The second kappa shape index (κ2) is 2.46. The van der Waals surface area contributed by atoms with Crippen molar-refractivity contribution in [2.24, 2.45) is 7.05 Å². The number of nitrogens with zero attached hydrogens (tertiary/aromatic N) is 1. The van der Waals surface area contributed by atoms with Crippen molar-refractivity contribution < 1.29 is 9.90 Å². The molecule has 0 aromatic carbocycles. The van der Waals surface area contributed by atoms with Crippen molar-refractivity contribution in [3.8, 4) is 0 Å². The second-order valence-corrected chi connectivity index (χ2v) is 2.86. The smallest absolute Gasteiger partial charge is 0.0880 e. The Bertz CT molecular complexity index is 267. The maximum Gasteiger partial charge on any atom is 0.0880 e. The molecule has 0 bridgehead atoms. The Labute approximate surface area is 66.4 Å². The number of halogens is 1. The maximum atomic E-state index is 10.3. The largest absolute Gasteiger partial charge is 0.543 e. The average molecular weight is 203 g/mol. The molecule has 0 aliphatic rings. The number of hydrogen-bond acceptors (Lipinski definition) is 2. The second-order valence-electron chi connectivity index (χ2n) is 1.94. The number of carbonyl (C=O) groups excluding carboxylic acids is 1. The molecule has 54 valence electrons. The molecule has 0 N–H and O–H groups in total. The number of aromatic nitrogens is 1. The molecule has 0 unspecified atom stereocenters. The Morgan fingerprint density at radius 2 is 2.40 bits per heavy atom. The van der Waals surface area contributed by atoms with Crippen molar-refractivity contribution >= 4 is 21.9 Å². The van der Waals surface area contributed by atoms with Gasteiger partial charge in [-0.25, -0.2) is 0 Å². The lowest BCUT2D eigenvalue weighted by atomic mass is 10.4. The van der Waals surface area contributed by atoms with Crippen molar-refractivity contribution in [1.29, 1.82) is 0 Å². The summed E-state index contributed by atoms with van der Waals surface area (Å²) >= 11 is 3.14. The zero-order chi connectivity index (χ0) is 7.72. The summed E-state index contributed by atoms with van der Waals surface area (Å²) in [6, 6.07) is 1.50. The third-order valence-electron chi connectivity index (χ3n) is 1.18. The van der Waals surface area contributed by atoms with Gasteiger partial charge in [0.1, 0.15) is 0 Å². The van der Waals surface area contributed by atoms with Gasteiger partial charge in [-0.3, -0.25) is 0 Å². The fraction of sp³-hybridized carbons (Fsp3) is 0.167. The van der Waals surface area contributed by atoms with E-state index >= 15 is 0 Å². The first-order valence-corrected chi connectivity index (χ1v) is 3.44. The molecule has 0 amide bonds. The van der Waals surface area contributed by atoms with Crippen molar-refractivity contribution in [3.63, 3.8) is 0 Å². The van der Waals surface area contributed by atoms with Gasteiger partial charge in [-0.2, -0.15) is 0 Å². The van der Waals surface area contributed by atoms with Gasteiger partial charge in [0, 0.05) is 17.7 Å². The van der Waals surface area contributed by atoms with Crippen molar-refractivity contribution in [2.45, 2.75) is 0 Å². The zero-order valence-electron chi connectivity index (χ0n) is 5.30. The highest BCUT2D eigenvalue weighted by molar-refractivity contribution is 9.10. The highest BCUT2D eigenvalue weighted by Crippen LogP contribution is 2.12. The van der Waals surface area contributed by atoms with Gasteiger partial charge in [-0.05, 0) is 22.0 Å². The molecule has 1 aromatic rings. The summed E-state index contributed by atoms with van der Waals surface area (Å²) in [4.78, 5) is 10.3. The van der Waals surface area contributed by atoms with Gasteiger partial charge in [0.15, 0.2) is 0 Å². The van der Waals surface area contributed by atoms with Crippen molar-refractivity contribution in [1.82, 2.24) is 4.57 Å².